The number of alkyl halides is 3. The third kappa shape index (κ3) is 4.13. The average molecular weight is 408 g/mol. The van der Waals surface area contributed by atoms with Gasteiger partial charge in [-0.05, 0) is 35.2 Å². The number of aromatic nitrogens is 2. The molecule has 30 heavy (non-hydrogen) atoms. The molecular formula is C24H19F3N2O. The van der Waals surface area contributed by atoms with Crippen molar-refractivity contribution < 1.29 is 17.7 Å². The molecule has 0 saturated heterocycles. The molecule has 0 N–H and O–H groups in total. The fraction of sp³-hybridized carbons (Fsp3) is 0.167. The lowest BCUT2D eigenvalue weighted by molar-refractivity contribution is -0.137. The van der Waals surface area contributed by atoms with Crippen LogP contribution in [0.15, 0.2) is 83.4 Å². The normalized spacial score (nSPS) is 12.7. The van der Waals surface area contributed by atoms with Gasteiger partial charge >= 0.3 is 6.18 Å². The molecule has 1 atom stereocenters. The van der Waals surface area contributed by atoms with Crippen molar-refractivity contribution in [2.45, 2.75) is 25.4 Å². The molecule has 0 radical (unpaired) electrons. The molecule has 0 aliphatic rings. The van der Waals surface area contributed by atoms with Gasteiger partial charge in [0.25, 0.3) is 0 Å². The van der Waals surface area contributed by atoms with E-state index in [1.807, 2.05) is 43.3 Å². The molecule has 6 heteroatoms. The van der Waals surface area contributed by atoms with Gasteiger partial charge in [-0.2, -0.15) is 18.2 Å². The quantitative estimate of drug-likeness (QED) is 0.358. The van der Waals surface area contributed by atoms with Crippen LogP contribution < -0.4 is 0 Å². The van der Waals surface area contributed by atoms with Crippen molar-refractivity contribution in [3.8, 4) is 22.5 Å². The summed E-state index contributed by atoms with van der Waals surface area (Å²) < 4.78 is 43.8. The molecule has 0 amide bonds. The van der Waals surface area contributed by atoms with Gasteiger partial charge in [0, 0.05) is 5.56 Å². The highest BCUT2D eigenvalue weighted by Gasteiger charge is 2.30. The maximum atomic E-state index is 12.8. The second-order valence-corrected chi connectivity index (χ2v) is 6.98. The summed E-state index contributed by atoms with van der Waals surface area (Å²) in [5.74, 6) is 0.610. The molecule has 0 aliphatic heterocycles. The number of rotatable bonds is 5. The Morgan fingerprint density at radius 2 is 1.53 bits per heavy atom. The zero-order valence-corrected chi connectivity index (χ0v) is 16.2. The van der Waals surface area contributed by atoms with E-state index in [1.54, 1.807) is 0 Å². The zero-order valence-electron chi connectivity index (χ0n) is 16.2. The van der Waals surface area contributed by atoms with Crippen molar-refractivity contribution in [1.29, 1.82) is 0 Å². The Bertz CT molecular complexity index is 1120. The fourth-order valence-electron chi connectivity index (χ4n) is 3.42. The number of nitrogens with zero attached hydrogens (tertiary/aromatic N) is 2. The monoisotopic (exact) mass is 408 g/mol. The van der Waals surface area contributed by atoms with Crippen LogP contribution in [0.1, 0.15) is 36.3 Å². The SMILES string of the molecule is CCC(c1cccc(-c2ccccc2)c1)c1nc(-c2ccc(C(F)(F)F)cc2)no1. The molecule has 1 heterocycles. The first-order valence-electron chi connectivity index (χ1n) is 9.62. The van der Waals surface area contributed by atoms with Gasteiger partial charge in [-0.15, -0.1) is 0 Å². The molecule has 0 bridgehead atoms. The second kappa shape index (κ2) is 8.14. The summed E-state index contributed by atoms with van der Waals surface area (Å²) in [4.78, 5) is 4.46. The Labute approximate surface area is 172 Å². The minimum atomic E-state index is -4.38. The molecule has 152 valence electrons. The lowest BCUT2D eigenvalue weighted by Gasteiger charge is -2.12. The van der Waals surface area contributed by atoms with E-state index in [9.17, 15) is 13.2 Å². The van der Waals surface area contributed by atoms with Crippen LogP contribution in [0.4, 0.5) is 13.2 Å². The molecule has 0 spiro atoms. The summed E-state index contributed by atoms with van der Waals surface area (Å²) in [6, 6.07) is 23.0. The highest BCUT2D eigenvalue weighted by atomic mass is 19.4. The molecule has 1 aromatic heterocycles. The molecule has 4 rings (SSSR count). The Balaban J connectivity index is 1.62. The van der Waals surface area contributed by atoms with Gasteiger partial charge < -0.3 is 4.52 Å². The Kier molecular flexibility index (Phi) is 5.40. The first-order valence-corrected chi connectivity index (χ1v) is 9.62. The van der Waals surface area contributed by atoms with E-state index in [1.165, 1.54) is 12.1 Å². The van der Waals surface area contributed by atoms with Crippen LogP contribution in [-0.4, -0.2) is 10.1 Å². The van der Waals surface area contributed by atoms with Crippen molar-refractivity contribution >= 4 is 0 Å². The van der Waals surface area contributed by atoms with E-state index in [0.29, 0.717) is 11.5 Å². The number of halogens is 3. The van der Waals surface area contributed by atoms with Gasteiger partial charge in [-0.3, -0.25) is 0 Å². The maximum absolute atomic E-state index is 12.8. The van der Waals surface area contributed by atoms with Gasteiger partial charge in [0.1, 0.15) is 0 Å². The summed E-state index contributed by atoms with van der Waals surface area (Å²) in [6.07, 6.45) is -3.63. The molecule has 0 fully saturated rings. The molecule has 3 aromatic carbocycles. The summed E-state index contributed by atoms with van der Waals surface area (Å²) in [5.41, 5.74) is 3.02. The minimum absolute atomic E-state index is 0.107. The van der Waals surface area contributed by atoms with E-state index in [0.717, 1.165) is 35.2 Å². The van der Waals surface area contributed by atoms with Gasteiger partial charge in [0.2, 0.25) is 11.7 Å². The minimum Gasteiger partial charge on any atom is -0.338 e. The van der Waals surface area contributed by atoms with Crippen molar-refractivity contribution in [2.24, 2.45) is 0 Å². The van der Waals surface area contributed by atoms with E-state index in [4.69, 9.17) is 4.52 Å². The predicted molar refractivity (Wildman–Crippen MR) is 109 cm³/mol. The summed E-state index contributed by atoms with van der Waals surface area (Å²) in [7, 11) is 0. The number of hydrogen-bond donors (Lipinski definition) is 0. The van der Waals surface area contributed by atoms with Crippen LogP contribution in [0.3, 0.4) is 0 Å². The predicted octanol–water partition coefficient (Wildman–Crippen LogP) is 6.96. The van der Waals surface area contributed by atoms with E-state index in [-0.39, 0.29) is 11.7 Å². The lowest BCUT2D eigenvalue weighted by atomic mass is 9.93. The topological polar surface area (TPSA) is 38.9 Å². The van der Waals surface area contributed by atoms with Gasteiger partial charge in [0.15, 0.2) is 0 Å². The van der Waals surface area contributed by atoms with Crippen LogP contribution in [0, 0.1) is 0 Å². The van der Waals surface area contributed by atoms with Crippen LogP contribution >= 0.6 is 0 Å². The molecule has 3 nitrogen and oxygen atoms in total. The van der Waals surface area contributed by atoms with Gasteiger partial charge in [-0.1, -0.05) is 78.8 Å². The highest BCUT2D eigenvalue weighted by Crippen LogP contribution is 2.33. The Hall–Kier alpha value is -3.41. The van der Waals surface area contributed by atoms with E-state index in [2.05, 4.69) is 28.3 Å². The first-order chi connectivity index (χ1) is 14.5. The van der Waals surface area contributed by atoms with Crippen molar-refractivity contribution in [1.82, 2.24) is 10.1 Å². The summed E-state index contributed by atoms with van der Waals surface area (Å²) in [5, 5.41) is 3.99. The van der Waals surface area contributed by atoms with E-state index < -0.39 is 11.7 Å². The van der Waals surface area contributed by atoms with Crippen molar-refractivity contribution in [2.75, 3.05) is 0 Å². The van der Waals surface area contributed by atoms with E-state index >= 15 is 0 Å². The molecule has 0 saturated carbocycles. The lowest BCUT2D eigenvalue weighted by Crippen LogP contribution is -2.04. The fourth-order valence-corrected chi connectivity index (χ4v) is 3.42. The first kappa shape index (κ1) is 19.9. The second-order valence-electron chi connectivity index (χ2n) is 6.98. The molecule has 4 aromatic rings. The third-order valence-corrected chi connectivity index (χ3v) is 5.01. The standard InChI is InChI=1S/C24H19F3N2O/c1-2-21(19-10-6-9-18(15-19)16-7-4-3-5-8-16)23-28-22(29-30-23)17-11-13-20(14-12-17)24(25,26)27/h3-15,21H,2H2,1H3. The summed E-state index contributed by atoms with van der Waals surface area (Å²) >= 11 is 0. The Morgan fingerprint density at radius 1 is 0.833 bits per heavy atom. The number of benzene rings is 3. The Morgan fingerprint density at radius 3 is 2.20 bits per heavy atom. The van der Waals surface area contributed by atoms with Crippen LogP contribution in [0.25, 0.3) is 22.5 Å². The maximum Gasteiger partial charge on any atom is 0.416 e. The summed E-state index contributed by atoms with van der Waals surface area (Å²) in [6.45, 7) is 2.03. The van der Waals surface area contributed by atoms with Crippen molar-refractivity contribution in [3.05, 3.63) is 95.9 Å². The largest absolute Gasteiger partial charge is 0.416 e. The third-order valence-electron chi connectivity index (χ3n) is 5.01. The number of hydrogen-bond acceptors (Lipinski definition) is 3. The molecule has 1 unspecified atom stereocenters. The molecular weight excluding hydrogens is 389 g/mol. The van der Waals surface area contributed by atoms with Crippen molar-refractivity contribution in [3.63, 3.8) is 0 Å². The van der Waals surface area contributed by atoms with Gasteiger partial charge in [-0.25, -0.2) is 0 Å². The van der Waals surface area contributed by atoms with Gasteiger partial charge in [0.05, 0.1) is 11.5 Å². The average Bonchev–Trinajstić information content (AvgIpc) is 3.24. The van der Waals surface area contributed by atoms with Crippen LogP contribution in [0.2, 0.25) is 0 Å². The highest BCUT2D eigenvalue weighted by molar-refractivity contribution is 5.64. The van der Waals surface area contributed by atoms with Crippen LogP contribution in [-0.2, 0) is 6.18 Å². The van der Waals surface area contributed by atoms with Crippen LogP contribution in [0.5, 0.6) is 0 Å². The zero-order chi connectivity index (χ0) is 21.1. The smallest absolute Gasteiger partial charge is 0.338 e. The molecule has 0 aliphatic carbocycles.